The molecule has 0 aliphatic carbocycles. The molecule has 0 radical (unpaired) electrons. The van der Waals surface area contributed by atoms with E-state index in [-0.39, 0.29) is 11.6 Å². The quantitative estimate of drug-likeness (QED) is 0.763. The van der Waals surface area contributed by atoms with Crippen LogP contribution in [0, 0.1) is 5.82 Å². The highest BCUT2D eigenvalue weighted by atomic mass is 19.1. The molecule has 2 heteroatoms. The Morgan fingerprint density at radius 1 is 1.43 bits per heavy atom. The van der Waals surface area contributed by atoms with Gasteiger partial charge in [0.05, 0.1) is 0 Å². The Bertz CT molecular complexity index is 305. The van der Waals surface area contributed by atoms with Gasteiger partial charge in [0.2, 0.25) is 0 Å². The average Bonchev–Trinajstić information content (AvgIpc) is 2.23. The van der Waals surface area contributed by atoms with E-state index >= 15 is 0 Å². The highest BCUT2D eigenvalue weighted by Crippen LogP contribution is 2.22. The molecule has 0 fully saturated rings. The molecule has 0 saturated heterocycles. The molecule has 0 aliphatic heterocycles. The van der Waals surface area contributed by atoms with E-state index in [0.717, 1.165) is 0 Å². The van der Waals surface area contributed by atoms with Crippen LogP contribution in [0.2, 0.25) is 0 Å². The van der Waals surface area contributed by atoms with E-state index in [1.165, 1.54) is 18.2 Å². The van der Waals surface area contributed by atoms with Gasteiger partial charge in [-0.05, 0) is 24.1 Å². The number of aromatic hydroxyl groups is 1. The van der Waals surface area contributed by atoms with Gasteiger partial charge in [0.1, 0.15) is 11.6 Å². The van der Waals surface area contributed by atoms with E-state index in [2.05, 4.69) is 6.58 Å². The molecule has 0 heterocycles. The highest BCUT2D eigenvalue weighted by Gasteiger charge is 2.04. The van der Waals surface area contributed by atoms with Crippen molar-refractivity contribution in [2.75, 3.05) is 0 Å². The fraction of sp³-hybridized carbons (Fsp3) is 0.333. The highest BCUT2D eigenvalue weighted by molar-refractivity contribution is 5.56. The molecule has 1 rings (SSSR count). The summed E-state index contributed by atoms with van der Waals surface area (Å²) in [5, 5.41) is 9.31. The van der Waals surface area contributed by atoms with Gasteiger partial charge in [-0.15, -0.1) is 0 Å². The van der Waals surface area contributed by atoms with Gasteiger partial charge < -0.3 is 5.11 Å². The van der Waals surface area contributed by atoms with Crippen LogP contribution in [-0.2, 0) is 6.42 Å². The number of phenols is 1. The molecule has 0 spiro atoms. The maximum Gasteiger partial charge on any atom is 0.127 e. The fourth-order valence-corrected chi connectivity index (χ4v) is 1.05. The lowest BCUT2D eigenvalue weighted by Crippen LogP contribution is -1.88. The third kappa shape index (κ3) is 2.87. The first kappa shape index (κ1) is 12.7. The van der Waals surface area contributed by atoms with Crippen LogP contribution in [0.5, 0.6) is 5.75 Å². The summed E-state index contributed by atoms with van der Waals surface area (Å²) in [6.07, 6.45) is 2.01. The molecular formula is C12H17FO. The maximum atomic E-state index is 13.1. The van der Waals surface area contributed by atoms with Crippen molar-refractivity contribution in [2.24, 2.45) is 0 Å². The normalized spacial score (nSPS) is 8.86. The van der Waals surface area contributed by atoms with Gasteiger partial charge in [0, 0.05) is 5.56 Å². The lowest BCUT2D eigenvalue weighted by atomic mass is 10.1. The lowest BCUT2D eigenvalue weighted by Gasteiger charge is -2.03. The summed E-state index contributed by atoms with van der Waals surface area (Å²) in [5.41, 5.74) is 0.961. The number of halogens is 1. The topological polar surface area (TPSA) is 20.2 Å². The van der Waals surface area contributed by atoms with Crippen LogP contribution >= 0.6 is 0 Å². The van der Waals surface area contributed by atoms with E-state index in [1.54, 1.807) is 0 Å². The van der Waals surface area contributed by atoms with Crippen LogP contribution in [0.15, 0.2) is 18.7 Å². The molecule has 0 amide bonds. The largest absolute Gasteiger partial charge is 0.507 e. The molecule has 0 aliphatic rings. The summed E-state index contributed by atoms with van der Waals surface area (Å²) in [7, 11) is 0. The second-order valence-electron chi connectivity index (χ2n) is 2.56. The second kappa shape index (κ2) is 6.19. The molecule has 0 saturated carbocycles. The number of aryl methyl sites for hydroxylation is 1. The van der Waals surface area contributed by atoms with Gasteiger partial charge in [0.15, 0.2) is 0 Å². The minimum atomic E-state index is -0.287. The van der Waals surface area contributed by atoms with Crippen molar-refractivity contribution >= 4 is 6.08 Å². The third-order valence-corrected chi connectivity index (χ3v) is 1.80. The van der Waals surface area contributed by atoms with Crippen molar-refractivity contribution in [1.29, 1.82) is 0 Å². The molecule has 0 aromatic heterocycles. The minimum Gasteiger partial charge on any atom is -0.507 e. The molecule has 78 valence electrons. The molecule has 0 atom stereocenters. The summed E-state index contributed by atoms with van der Waals surface area (Å²) in [4.78, 5) is 0. The van der Waals surface area contributed by atoms with Crippen LogP contribution in [-0.4, -0.2) is 5.11 Å². The first-order valence-electron chi connectivity index (χ1n) is 4.82. The summed E-state index contributed by atoms with van der Waals surface area (Å²) >= 11 is 0. The van der Waals surface area contributed by atoms with Gasteiger partial charge >= 0.3 is 0 Å². The standard InChI is InChI=1S/C10H11FO.C2H6/c1-3-7-6-10(12)8(4-2)5-9(7)11;1-2/h4-6,12H,2-3H2,1H3;1-2H3. The van der Waals surface area contributed by atoms with Gasteiger partial charge in [-0.3, -0.25) is 0 Å². The fourth-order valence-electron chi connectivity index (χ4n) is 1.05. The monoisotopic (exact) mass is 196 g/mol. The number of phenolic OH excluding ortho intramolecular Hbond substituents is 1. The number of rotatable bonds is 2. The summed E-state index contributed by atoms with van der Waals surface area (Å²) < 4.78 is 13.1. The number of hydrogen-bond donors (Lipinski definition) is 1. The summed E-state index contributed by atoms with van der Waals surface area (Å²) in [5.74, 6) is -0.201. The van der Waals surface area contributed by atoms with Crippen molar-refractivity contribution in [3.63, 3.8) is 0 Å². The van der Waals surface area contributed by atoms with E-state index in [9.17, 15) is 9.50 Å². The van der Waals surface area contributed by atoms with Crippen LogP contribution in [0.25, 0.3) is 6.08 Å². The smallest absolute Gasteiger partial charge is 0.127 e. The zero-order valence-corrected chi connectivity index (χ0v) is 8.97. The summed E-state index contributed by atoms with van der Waals surface area (Å²) in [6, 6.07) is 2.73. The zero-order chi connectivity index (χ0) is 11.1. The molecule has 1 aromatic rings. The molecule has 1 N–H and O–H groups in total. The second-order valence-corrected chi connectivity index (χ2v) is 2.56. The van der Waals surface area contributed by atoms with E-state index in [4.69, 9.17) is 0 Å². The van der Waals surface area contributed by atoms with Gasteiger partial charge in [-0.1, -0.05) is 33.4 Å². The van der Waals surface area contributed by atoms with Gasteiger partial charge in [-0.25, -0.2) is 4.39 Å². The van der Waals surface area contributed by atoms with Crippen molar-refractivity contribution in [1.82, 2.24) is 0 Å². The zero-order valence-electron chi connectivity index (χ0n) is 8.97. The van der Waals surface area contributed by atoms with Gasteiger partial charge in [-0.2, -0.15) is 0 Å². The Hall–Kier alpha value is -1.31. The maximum absolute atomic E-state index is 13.1. The first-order chi connectivity index (χ1) is 6.69. The van der Waals surface area contributed by atoms with E-state index in [0.29, 0.717) is 17.5 Å². The Labute approximate surface area is 84.9 Å². The Morgan fingerprint density at radius 3 is 2.43 bits per heavy atom. The molecule has 1 aromatic carbocycles. The summed E-state index contributed by atoms with van der Waals surface area (Å²) in [6.45, 7) is 9.30. The molecule has 1 nitrogen and oxygen atoms in total. The van der Waals surface area contributed by atoms with Crippen molar-refractivity contribution in [3.8, 4) is 5.75 Å². The molecular weight excluding hydrogens is 179 g/mol. The van der Waals surface area contributed by atoms with E-state index in [1.807, 2.05) is 20.8 Å². The molecule has 0 unspecified atom stereocenters. The third-order valence-electron chi connectivity index (χ3n) is 1.80. The van der Waals surface area contributed by atoms with Crippen LogP contribution < -0.4 is 0 Å². The van der Waals surface area contributed by atoms with E-state index < -0.39 is 0 Å². The van der Waals surface area contributed by atoms with Crippen LogP contribution in [0.3, 0.4) is 0 Å². The van der Waals surface area contributed by atoms with Gasteiger partial charge in [0.25, 0.3) is 0 Å². The molecule has 0 bridgehead atoms. The Kier molecular flexibility index (Phi) is 5.61. The van der Waals surface area contributed by atoms with Crippen LogP contribution in [0.1, 0.15) is 31.9 Å². The SMILES string of the molecule is C=Cc1cc(F)c(CC)cc1O.CC. The Balaban J connectivity index is 0.000000791. The average molecular weight is 196 g/mol. The first-order valence-corrected chi connectivity index (χ1v) is 4.82. The molecule has 14 heavy (non-hydrogen) atoms. The van der Waals surface area contributed by atoms with Crippen molar-refractivity contribution in [3.05, 3.63) is 35.7 Å². The van der Waals surface area contributed by atoms with Crippen molar-refractivity contribution in [2.45, 2.75) is 27.2 Å². The van der Waals surface area contributed by atoms with Crippen molar-refractivity contribution < 1.29 is 9.50 Å². The predicted octanol–water partition coefficient (Wildman–Crippen LogP) is 3.76. The minimum absolute atomic E-state index is 0.0863. The number of benzene rings is 1. The predicted molar refractivity (Wildman–Crippen MR) is 58.9 cm³/mol. The lowest BCUT2D eigenvalue weighted by molar-refractivity contribution is 0.470. The Morgan fingerprint density at radius 2 is 2.00 bits per heavy atom. The van der Waals surface area contributed by atoms with Crippen LogP contribution in [0.4, 0.5) is 4.39 Å². The number of hydrogen-bond acceptors (Lipinski definition) is 1.